The molecule has 0 bridgehead atoms. The van der Waals surface area contributed by atoms with Crippen LogP contribution in [0.4, 0.5) is 5.69 Å². The molecule has 4 aromatic rings. The maximum atomic E-state index is 12.8. The SMILES string of the molecule is CC(=NNC(=O)[C@H](C)Sc1nnc(CNc2ccc(Cl)cc2C)n1-c1ccccc1)c1ccc(Br)cc1. The van der Waals surface area contributed by atoms with Gasteiger partial charge in [0.2, 0.25) is 0 Å². The molecular weight excluding hydrogens is 572 g/mol. The molecule has 1 amide bonds. The summed E-state index contributed by atoms with van der Waals surface area (Å²) in [6, 6.07) is 23.3. The van der Waals surface area contributed by atoms with Crippen LogP contribution in [0.5, 0.6) is 0 Å². The average molecular weight is 598 g/mol. The van der Waals surface area contributed by atoms with E-state index in [9.17, 15) is 4.79 Å². The molecule has 37 heavy (non-hydrogen) atoms. The van der Waals surface area contributed by atoms with Gasteiger partial charge in [-0.05, 0) is 74.4 Å². The molecule has 1 aromatic heterocycles. The molecule has 0 aliphatic carbocycles. The number of nitrogens with zero attached hydrogens (tertiary/aromatic N) is 4. The Morgan fingerprint density at radius 2 is 1.84 bits per heavy atom. The fraction of sp³-hybridized carbons (Fsp3) is 0.185. The molecule has 0 saturated carbocycles. The molecule has 190 valence electrons. The summed E-state index contributed by atoms with van der Waals surface area (Å²) >= 11 is 10.8. The third-order valence-electron chi connectivity index (χ3n) is 5.59. The number of nitrogens with one attached hydrogen (secondary N) is 2. The predicted molar refractivity (Wildman–Crippen MR) is 155 cm³/mol. The zero-order valence-electron chi connectivity index (χ0n) is 20.6. The number of carbonyl (C=O) groups is 1. The summed E-state index contributed by atoms with van der Waals surface area (Å²) in [7, 11) is 0. The van der Waals surface area contributed by atoms with E-state index in [0.29, 0.717) is 16.7 Å². The van der Waals surface area contributed by atoms with Crippen molar-refractivity contribution in [3.8, 4) is 5.69 Å². The molecule has 0 saturated heterocycles. The normalized spacial score (nSPS) is 12.3. The summed E-state index contributed by atoms with van der Waals surface area (Å²) in [5.41, 5.74) is 7.24. The molecule has 0 aliphatic heterocycles. The highest BCUT2D eigenvalue weighted by Gasteiger charge is 2.21. The summed E-state index contributed by atoms with van der Waals surface area (Å²) in [4.78, 5) is 12.8. The zero-order chi connectivity index (χ0) is 26.4. The Hall–Kier alpha value is -3.14. The lowest BCUT2D eigenvalue weighted by Gasteiger charge is -2.14. The van der Waals surface area contributed by atoms with Gasteiger partial charge in [-0.2, -0.15) is 5.10 Å². The third kappa shape index (κ3) is 7.00. The lowest BCUT2D eigenvalue weighted by molar-refractivity contribution is -0.120. The number of benzene rings is 3. The van der Waals surface area contributed by atoms with Gasteiger partial charge in [-0.1, -0.05) is 69.6 Å². The van der Waals surface area contributed by atoms with Crippen molar-refractivity contribution in [3.63, 3.8) is 0 Å². The molecule has 2 N–H and O–H groups in total. The van der Waals surface area contributed by atoms with Gasteiger partial charge in [0.1, 0.15) is 0 Å². The van der Waals surface area contributed by atoms with Gasteiger partial charge in [-0.25, -0.2) is 5.43 Å². The summed E-state index contributed by atoms with van der Waals surface area (Å²) in [6.07, 6.45) is 0. The van der Waals surface area contributed by atoms with Gasteiger partial charge in [0.25, 0.3) is 5.91 Å². The van der Waals surface area contributed by atoms with E-state index in [1.54, 1.807) is 0 Å². The van der Waals surface area contributed by atoms with Crippen molar-refractivity contribution in [2.24, 2.45) is 5.10 Å². The Balaban J connectivity index is 1.50. The molecule has 1 heterocycles. The van der Waals surface area contributed by atoms with Crippen molar-refractivity contribution in [3.05, 3.63) is 99.2 Å². The Kier molecular flexibility index (Phi) is 9.02. The average Bonchev–Trinajstić information content (AvgIpc) is 3.29. The number of halogens is 2. The molecule has 7 nitrogen and oxygen atoms in total. The van der Waals surface area contributed by atoms with Gasteiger partial charge in [-0.3, -0.25) is 9.36 Å². The van der Waals surface area contributed by atoms with Crippen molar-refractivity contribution in [2.75, 3.05) is 5.32 Å². The van der Waals surface area contributed by atoms with Gasteiger partial charge in [-0.15, -0.1) is 10.2 Å². The van der Waals surface area contributed by atoms with E-state index in [-0.39, 0.29) is 5.91 Å². The van der Waals surface area contributed by atoms with Crippen LogP contribution in [0.25, 0.3) is 5.69 Å². The largest absolute Gasteiger partial charge is 0.378 e. The number of aryl methyl sites for hydroxylation is 1. The number of rotatable bonds is 9. The van der Waals surface area contributed by atoms with Gasteiger partial charge in [0.05, 0.1) is 17.5 Å². The van der Waals surface area contributed by atoms with Crippen LogP contribution in [-0.4, -0.2) is 31.6 Å². The van der Waals surface area contributed by atoms with Crippen LogP contribution in [0.15, 0.2) is 87.5 Å². The van der Waals surface area contributed by atoms with E-state index in [1.807, 2.05) is 98.1 Å². The van der Waals surface area contributed by atoms with Gasteiger partial charge in [0, 0.05) is 20.9 Å². The highest BCUT2D eigenvalue weighted by molar-refractivity contribution is 9.10. The summed E-state index contributed by atoms with van der Waals surface area (Å²) in [5, 5.41) is 17.4. The van der Waals surface area contributed by atoms with Crippen molar-refractivity contribution in [1.29, 1.82) is 0 Å². The molecule has 0 unspecified atom stereocenters. The van der Waals surface area contributed by atoms with Gasteiger partial charge < -0.3 is 5.32 Å². The maximum Gasteiger partial charge on any atom is 0.253 e. The summed E-state index contributed by atoms with van der Waals surface area (Å²) < 4.78 is 2.95. The highest BCUT2D eigenvalue weighted by atomic mass is 79.9. The number of hydrazone groups is 1. The number of carbonyl (C=O) groups excluding carboxylic acids is 1. The Bertz CT molecular complexity index is 1410. The number of aromatic nitrogens is 3. The number of anilines is 1. The molecule has 10 heteroatoms. The smallest absolute Gasteiger partial charge is 0.253 e. The first-order valence-corrected chi connectivity index (χ1v) is 13.6. The molecule has 1 atom stereocenters. The standard InChI is InChI=1S/C27H26BrClN6OS/c1-17-15-22(29)13-14-24(17)30-16-25-32-34-27(35(25)23-7-5-4-6-8-23)37-19(3)26(36)33-31-18(2)20-9-11-21(28)12-10-20/h4-15,19,30H,16H2,1-3H3,(H,33,36)/t19-/m0/s1. The molecule has 0 spiro atoms. The minimum atomic E-state index is -0.451. The monoisotopic (exact) mass is 596 g/mol. The zero-order valence-corrected chi connectivity index (χ0v) is 23.7. The van der Waals surface area contributed by atoms with Gasteiger partial charge >= 0.3 is 0 Å². The second-order valence-corrected chi connectivity index (χ2v) is 11.0. The molecule has 0 fully saturated rings. The topological polar surface area (TPSA) is 84.2 Å². The van der Waals surface area contributed by atoms with Crippen molar-refractivity contribution >= 4 is 56.6 Å². The second kappa shape index (κ2) is 12.4. The maximum absolute atomic E-state index is 12.8. The lowest BCUT2D eigenvalue weighted by atomic mass is 10.1. The van der Waals surface area contributed by atoms with E-state index < -0.39 is 5.25 Å². The van der Waals surface area contributed by atoms with Crippen LogP contribution in [0, 0.1) is 6.92 Å². The van der Waals surface area contributed by atoms with Gasteiger partial charge in [0.15, 0.2) is 11.0 Å². The van der Waals surface area contributed by atoms with Crippen molar-refractivity contribution < 1.29 is 4.79 Å². The molecule has 0 radical (unpaired) electrons. The number of para-hydroxylation sites is 1. The minimum absolute atomic E-state index is 0.222. The molecule has 0 aliphatic rings. The molecule has 4 rings (SSSR count). The first-order valence-electron chi connectivity index (χ1n) is 11.6. The summed E-state index contributed by atoms with van der Waals surface area (Å²) in [5.74, 6) is 0.500. The fourth-order valence-electron chi connectivity index (χ4n) is 3.52. The number of thioether (sulfide) groups is 1. The van der Waals surface area contributed by atoms with E-state index in [1.165, 1.54) is 11.8 Å². The van der Waals surface area contributed by atoms with Crippen LogP contribution >= 0.6 is 39.3 Å². The minimum Gasteiger partial charge on any atom is -0.378 e. The Morgan fingerprint density at radius 3 is 2.54 bits per heavy atom. The fourth-order valence-corrected chi connectivity index (χ4v) is 4.90. The third-order valence-corrected chi connectivity index (χ3v) is 7.39. The van der Waals surface area contributed by atoms with Crippen LogP contribution in [0.3, 0.4) is 0 Å². The van der Waals surface area contributed by atoms with E-state index in [0.717, 1.165) is 38.5 Å². The molecule has 3 aromatic carbocycles. The Labute approximate surface area is 233 Å². The number of amides is 1. The quantitative estimate of drug-likeness (QED) is 0.129. The van der Waals surface area contributed by atoms with Crippen LogP contribution in [0.1, 0.15) is 30.8 Å². The lowest BCUT2D eigenvalue weighted by Crippen LogP contribution is -2.28. The van der Waals surface area contributed by atoms with Crippen LogP contribution in [-0.2, 0) is 11.3 Å². The van der Waals surface area contributed by atoms with Crippen molar-refractivity contribution in [2.45, 2.75) is 37.7 Å². The highest BCUT2D eigenvalue weighted by Crippen LogP contribution is 2.27. The van der Waals surface area contributed by atoms with E-state index in [2.05, 4.69) is 42.0 Å². The molecular formula is C27H26BrClN6OS. The van der Waals surface area contributed by atoms with E-state index in [4.69, 9.17) is 11.6 Å². The first-order chi connectivity index (χ1) is 17.8. The first kappa shape index (κ1) is 26.9. The Morgan fingerprint density at radius 1 is 1.11 bits per heavy atom. The van der Waals surface area contributed by atoms with E-state index >= 15 is 0 Å². The number of hydrogen-bond donors (Lipinski definition) is 2. The van der Waals surface area contributed by atoms with Crippen molar-refractivity contribution in [1.82, 2.24) is 20.2 Å². The number of hydrogen-bond acceptors (Lipinski definition) is 6. The second-order valence-electron chi connectivity index (χ2n) is 8.32. The van der Waals surface area contributed by atoms with Crippen LogP contribution in [0.2, 0.25) is 5.02 Å². The summed E-state index contributed by atoms with van der Waals surface area (Å²) in [6.45, 7) is 6.12. The predicted octanol–water partition coefficient (Wildman–Crippen LogP) is 6.62. The van der Waals surface area contributed by atoms with Crippen LogP contribution < -0.4 is 10.7 Å².